The van der Waals surface area contributed by atoms with Crippen molar-refractivity contribution in [3.63, 3.8) is 0 Å². The maximum Gasteiger partial charge on any atom is 0.293 e. The summed E-state index contributed by atoms with van der Waals surface area (Å²) in [6, 6.07) is 8.26. The first-order valence-electron chi connectivity index (χ1n) is 3.99. The lowest BCUT2D eigenvalue weighted by Crippen LogP contribution is -2.42. The van der Waals surface area contributed by atoms with E-state index in [1.54, 1.807) is 30.3 Å². The zero-order valence-corrected chi connectivity index (χ0v) is 7.34. The van der Waals surface area contributed by atoms with E-state index in [1.807, 2.05) is 0 Å². The first-order chi connectivity index (χ1) is 6.49. The molecule has 0 bridgehead atoms. The average Bonchev–Trinajstić information content (AvgIpc) is 2.14. The van der Waals surface area contributed by atoms with Crippen molar-refractivity contribution in [2.75, 3.05) is 6.54 Å². The van der Waals surface area contributed by atoms with Crippen LogP contribution < -0.4 is 5.32 Å². The van der Waals surface area contributed by atoms with Crippen LogP contribution in [0.1, 0.15) is 10.4 Å². The second-order valence-electron chi connectivity index (χ2n) is 2.82. The molecule has 1 aromatic carbocycles. The number of benzene rings is 1. The summed E-state index contributed by atoms with van der Waals surface area (Å²) in [7, 11) is 0. The van der Waals surface area contributed by atoms with Crippen molar-refractivity contribution in [2.24, 2.45) is 0 Å². The Morgan fingerprint density at radius 1 is 1.21 bits per heavy atom. The molecule has 0 unspecified atom stereocenters. The summed E-state index contributed by atoms with van der Waals surface area (Å²) in [4.78, 5) is 11.2. The summed E-state index contributed by atoms with van der Waals surface area (Å²) in [5.74, 6) is -3.35. The molecule has 0 aliphatic carbocycles. The largest absolute Gasteiger partial charge is 0.344 e. The number of hydrogen-bond donors (Lipinski definition) is 4. The van der Waals surface area contributed by atoms with Crippen LogP contribution in [-0.4, -0.2) is 33.7 Å². The molecule has 4 N–H and O–H groups in total. The van der Waals surface area contributed by atoms with E-state index in [1.165, 1.54) is 0 Å². The number of rotatable bonds is 3. The fourth-order valence-electron chi connectivity index (χ4n) is 0.890. The van der Waals surface area contributed by atoms with Crippen LogP contribution in [0.3, 0.4) is 0 Å². The van der Waals surface area contributed by atoms with Crippen LogP contribution in [0.5, 0.6) is 0 Å². The molecule has 1 rings (SSSR count). The molecule has 5 heteroatoms. The van der Waals surface area contributed by atoms with Crippen molar-refractivity contribution in [3.8, 4) is 0 Å². The molecule has 0 atom stereocenters. The summed E-state index contributed by atoms with van der Waals surface area (Å²) < 4.78 is 0. The molecule has 1 aromatic rings. The molecule has 76 valence electrons. The number of carbonyl (C=O) groups is 1. The number of aliphatic hydroxyl groups is 3. The number of amides is 1. The number of carbonyl (C=O) groups excluding carboxylic acids is 1. The zero-order chi connectivity index (χ0) is 10.6. The third-order valence-corrected chi connectivity index (χ3v) is 1.52. The van der Waals surface area contributed by atoms with E-state index in [0.717, 1.165) is 0 Å². The van der Waals surface area contributed by atoms with E-state index >= 15 is 0 Å². The molecule has 1 amide bonds. The fourth-order valence-corrected chi connectivity index (χ4v) is 0.890. The van der Waals surface area contributed by atoms with Gasteiger partial charge in [0.25, 0.3) is 11.9 Å². The van der Waals surface area contributed by atoms with Gasteiger partial charge in [0, 0.05) is 5.56 Å². The van der Waals surface area contributed by atoms with E-state index in [4.69, 9.17) is 15.3 Å². The van der Waals surface area contributed by atoms with Gasteiger partial charge in [-0.15, -0.1) is 0 Å². The summed E-state index contributed by atoms with van der Waals surface area (Å²) in [5.41, 5.74) is 0.386. The molecule has 0 radical (unpaired) electrons. The smallest absolute Gasteiger partial charge is 0.293 e. The van der Waals surface area contributed by atoms with Gasteiger partial charge in [-0.05, 0) is 12.1 Å². The van der Waals surface area contributed by atoms with Crippen LogP contribution in [0.15, 0.2) is 30.3 Å². The highest BCUT2D eigenvalue weighted by atomic mass is 16.7. The fraction of sp³-hybridized carbons (Fsp3) is 0.222. The quantitative estimate of drug-likeness (QED) is 0.470. The van der Waals surface area contributed by atoms with E-state index in [0.29, 0.717) is 5.56 Å². The van der Waals surface area contributed by atoms with E-state index in [-0.39, 0.29) is 0 Å². The lowest BCUT2D eigenvalue weighted by Gasteiger charge is -2.14. The molecule has 0 spiro atoms. The Labute approximate surface area is 80.6 Å². The van der Waals surface area contributed by atoms with Crippen LogP contribution in [0.25, 0.3) is 0 Å². The van der Waals surface area contributed by atoms with Crippen molar-refractivity contribution in [2.45, 2.75) is 5.97 Å². The highest BCUT2D eigenvalue weighted by Crippen LogP contribution is 1.98. The van der Waals surface area contributed by atoms with Crippen LogP contribution in [-0.2, 0) is 0 Å². The standard InChI is InChI=1S/C9H11NO4/c11-8(10-6-9(12,13)14)7-4-2-1-3-5-7/h1-5,12-14H,6H2,(H,10,11). The van der Waals surface area contributed by atoms with Crippen LogP contribution >= 0.6 is 0 Å². The SMILES string of the molecule is O=C(NCC(O)(O)O)c1ccccc1. The van der Waals surface area contributed by atoms with Gasteiger partial charge >= 0.3 is 0 Å². The van der Waals surface area contributed by atoms with E-state index in [2.05, 4.69) is 5.32 Å². The number of nitrogens with one attached hydrogen (secondary N) is 1. The minimum atomic E-state index is -2.87. The summed E-state index contributed by atoms with van der Waals surface area (Å²) in [6.07, 6.45) is 0. The lowest BCUT2D eigenvalue weighted by atomic mass is 10.2. The van der Waals surface area contributed by atoms with Crippen molar-refractivity contribution >= 4 is 5.91 Å². The van der Waals surface area contributed by atoms with Crippen LogP contribution in [0.4, 0.5) is 0 Å². The minimum Gasteiger partial charge on any atom is -0.344 e. The first kappa shape index (κ1) is 10.6. The monoisotopic (exact) mass is 197 g/mol. The van der Waals surface area contributed by atoms with Gasteiger partial charge in [-0.1, -0.05) is 18.2 Å². The molecule has 0 aliphatic heterocycles. The topological polar surface area (TPSA) is 89.8 Å². The van der Waals surface area contributed by atoms with Crippen molar-refractivity contribution < 1.29 is 20.1 Å². The maximum absolute atomic E-state index is 11.2. The second kappa shape index (κ2) is 4.19. The van der Waals surface area contributed by atoms with Gasteiger partial charge in [0.15, 0.2) is 0 Å². The molecule has 14 heavy (non-hydrogen) atoms. The van der Waals surface area contributed by atoms with E-state index in [9.17, 15) is 4.79 Å². The van der Waals surface area contributed by atoms with Gasteiger partial charge in [-0.25, -0.2) is 0 Å². The predicted molar refractivity (Wildman–Crippen MR) is 48.2 cm³/mol. The van der Waals surface area contributed by atoms with Gasteiger partial charge in [-0.2, -0.15) is 0 Å². The molecular weight excluding hydrogens is 186 g/mol. The molecule has 0 aliphatic rings. The Morgan fingerprint density at radius 3 is 2.29 bits per heavy atom. The normalized spacial score (nSPS) is 11.1. The molecule has 0 saturated heterocycles. The molecule has 0 fully saturated rings. The Bertz CT molecular complexity index is 304. The Balaban J connectivity index is 2.52. The van der Waals surface area contributed by atoms with Crippen LogP contribution in [0, 0.1) is 0 Å². The van der Waals surface area contributed by atoms with Gasteiger partial charge in [0.05, 0.1) is 6.54 Å². The number of hydrogen-bond acceptors (Lipinski definition) is 4. The molecule has 0 saturated carbocycles. The Hall–Kier alpha value is -1.43. The highest BCUT2D eigenvalue weighted by molar-refractivity contribution is 5.94. The third kappa shape index (κ3) is 3.53. The summed E-state index contributed by atoms with van der Waals surface area (Å²) >= 11 is 0. The highest BCUT2D eigenvalue weighted by Gasteiger charge is 2.19. The van der Waals surface area contributed by atoms with Gasteiger partial charge in [-0.3, -0.25) is 4.79 Å². The Kier molecular flexibility index (Phi) is 3.19. The predicted octanol–water partition coefficient (Wildman–Crippen LogP) is -0.953. The molecule has 5 nitrogen and oxygen atoms in total. The first-order valence-corrected chi connectivity index (χ1v) is 3.99. The van der Waals surface area contributed by atoms with Crippen molar-refractivity contribution in [3.05, 3.63) is 35.9 Å². The summed E-state index contributed by atoms with van der Waals surface area (Å²) in [5, 5.41) is 27.7. The average molecular weight is 197 g/mol. The maximum atomic E-state index is 11.2. The second-order valence-corrected chi connectivity index (χ2v) is 2.82. The van der Waals surface area contributed by atoms with Gasteiger partial charge in [0.2, 0.25) is 0 Å². The molecule has 0 heterocycles. The molecule has 0 aromatic heterocycles. The van der Waals surface area contributed by atoms with Crippen molar-refractivity contribution in [1.82, 2.24) is 5.32 Å². The van der Waals surface area contributed by atoms with Crippen LogP contribution in [0.2, 0.25) is 0 Å². The van der Waals surface area contributed by atoms with Gasteiger partial charge in [0.1, 0.15) is 0 Å². The van der Waals surface area contributed by atoms with Gasteiger partial charge < -0.3 is 20.6 Å². The minimum absolute atomic E-state index is 0.386. The zero-order valence-electron chi connectivity index (χ0n) is 7.34. The molecular formula is C9H11NO4. The Morgan fingerprint density at radius 2 is 1.79 bits per heavy atom. The summed E-state index contributed by atoms with van der Waals surface area (Å²) in [6.45, 7) is -0.638. The lowest BCUT2D eigenvalue weighted by molar-refractivity contribution is -0.305. The van der Waals surface area contributed by atoms with E-state index < -0.39 is 18.4 Å². The third-order valence-electron chi connectivity index (χ3n) is 1.52. The van der Waals surface area contributed by atoms with Crippen molar-refractivity contribution in [1.29, 1.82) is 0 Å².